The molecule has 7 nitrogen and oxygen atoms in total. The third-order valence-electron chi connectivity index (χ3n) is 3.71. The van der Waals surface area contributed by atoms with Gasteiger partial charge >= 0.3 is 6.61 Å². The van der Waals surface area contributed by atoms with E-state index in [1.54, 1.807) is 25.4 Å². The molecule has 0 atom stereocenters. The number of benzene rings is 1. The molecular formula is C19H24F2N4O3. The maximum atomic E-state index is 12.6. The van der Waals surface area contributed by atoms with E-state index in [9.17, 15) is 8.78 Å². The highest BCUT2D eigenvalue weighted by Gasteiger charge is 2.11. The van der Waals surface area contributed by atoms with Crippen molar-refractivity contribution in [2.75, 3.05) is 20.8 Å². The lowest BCUT2D eigenvalue weighted by molar-refractivity contribution is -0.0505. The molecule has 0 bridgehead atoms. The second-order valence-electron chi connectivity index (χ2n) is 5.57. The van der Waals surface area contributed by atoms with E-state index in [0.29, 0.717) is 36.3 Å². The summed E-state index contributed by atoms with van der Waals surface area (Å²) in [6.07, 6.45) is 1.67. The molecule has 1 heterocycles. The SMILES string of the molecule is CCOc1cc(CNC(=NC)NCc2cc(OC)ccc2OC(F)F)ccn1. The zero-order valence-corrected chi connectivity index (χ0v) is 16.0. The number of methoxy groups -OCH3 is 1. The summed E-state index contributed by atoms with van der Waals surface area (Å²) >= 11 is 0. The zero-order chi connectivity index (χ0) is 20.4. The predicted octanol–water partition coefficient (Wildman–Crippen LogP) is 2.96. The van der Waals surface area contributed by atoms with Crippen LogP contribution in [0.15, 0.2) is 41.5 Å². The average Bonchev–Trinajstić information content (AvgIpc) is 2.69. The summed E-state index contributed by atoms with van der Waals surface area (Å²) in [6, 6.07) is 8.34. The molecule has 152 valence electrons. The molecule has 0 aliphatic rings. The van der Waals surface area contributed by atoms with E-state index in [1.165, 1.54) is 13.2 Å². The van der Waals surface area contributed by atoms with E-state index < -0.39 is 6.61 Å². The van der Waals surface area contributed by atoms with Gasteiger partial charge in [0.2, 0.25) is 5.88 Å². The first-order chi connectivity index (χ1) is 13.5. The molecule has 0 aliphatic heterocycles. The van der Waals surface area contributed by atoms with Crippen molar-refractivity contribution in [3.05, 3.63) is 47.7 Å². The molecule has 1 aromatic heterocycles. The van der Waals surface area contributed by atoms with Gasteiger partial charge < -0.3 is 24.8 Å². The first-order valence-corrected chi connectivity index (χ1v) is 8.69. The van der Waals surface area contributed by atoms with Crippen LogP contribution in [0.2, 0.25) is 0 Å². The number of alkyl halides is 2. The number of nitrogens with zero attached hydrogens (tertiary/aromatic N) is 2. The van der Waals surface area contributed by atoms with Gasteiger partial charge in [-0.25, -0.2) is 4.98 Å². The molecule has 0 fully saturated rings. The van der Waals surface area contributed by atoms with Crippen LogP contribution in [0.3, 0.4) is 0 Å². The van der Waals surface area contributed by atoms with Crippen molar-refractivity contribution < 1.29 is 23.0 Å². The van der Waals surface area contributed by atoms with Crippen LogP contribution < -0.4 is 24.8 Å². The molecule has 0 amide bonds. The minimum atomic E-state index is -2.91. The van der Waals surface area contributed by atoms with Crippen molar-refractivity contribution in [3.63, 3.8) is 0 Å². The van der Waals surface area contributed by atoms with Gasteiger partial charge in [-0.15, -0.1) is 0 Å². The van der Waals surface area contributed by atoms with Gasteiger partial charge in [0, 0.05) is 38.0 Å². The lowest BCUT2D eigenvalue weighted by atomic mass is 10.2. The first-order valence-electron chi connectivity index (χ1n) is 8.69. The largest absolute Gasteiger partial charge is 0.497 e. The van der Waals surface area contributed by atoms with Gasteiger partial charge in [0.15, 0.2) is 5.96 Å². The Labute approximate surface area is 162 Å². The summed E-state index contributed by atoms with van der Waals surface area (Å²) in [7, 11) is 3.13. The van der Waals surface area contributed by atoms with E-state index >= 15 is 0 Å². The second-order valence-corrected chi connectivity index (χ2v) is 5.57. The number of pyridine rings is 1. The van der Waals surface area contributed by atoms with Crippen LogP contribution in [-0.2, 0) is 13.1 Å². The first kappa shape index (κ1) is 21.2. The van der Waals surface area contributed by atoms with Crippen LogP contribution in [0.1, 0.15) is 18.1 Å². The van der Waals surface area contributed by atoms with Gasteiger partial charge in [0.1, 0.15) is 11.5 Å². The fraction of sp³-hybridized carbons (Fsp3) is 0.368. The highest BCUT2D eigenvalue weighted by molar-refractivity contribution is 5.79. The van der Waals surface area contributed by atoms with Crippen molar-refractivity contribution in [1.29, 1.82) is 0 Å². The van der Waals surface area contributed by atoms with Crippen LogP contribution in [-0.4, -0.2) is 38.3 Å². The Morgan fingerprint density at radius 3 is 2.64 bits per heavy atom. The maximum absolute atomic E-state index is 12.6. The van der Waals surface area contributed by atoms with Crippen LogP contribution >= 0.6 is 0 Å². The van der Waals surface area contributed by atoms with Crippen LogP contribution in [0.4, 0.5) is 8.78 Å². The second kappa shape index (κ2) is 10.9. The molecule has 1 aromatic carbocycles. The number of halogens is 2. The molecule has 0 saturated carbocycles. The highest BCUT2D eigenvalue weighted by atomic mass is 19.3. The molecule has 0 radical (unpaired) electrons. The molecule has 2 rings (SSSR count). The minimum Gasteiger partial charge on any atom is -0.497 e. The van der Waals surface area contributed by atoms with E-state index in [2.05, 4.69) is 25.3 Å². The third-order valence-corrected chi connectivity index (χ3v) is 3.71. The summed E-state index contributed by atoms with van der Waals surface area (Å²) in [5, 5.41) is 6.22. The molecule has 28 heavy (non-hydrogen) atoms. The third kappa shape index (κ3) is 6.57. The van der Waals surface area contributed by atoms with Gasteiger partial charge in [0.05, 0.1) is 13.7 Å². The van der Waals surface area contributed by atoms with E-state index in [4.69, 9.17) is 9.47 Å². The summed E-state index contributed by atoms with van der Waals surface area (Å²) < 4.78 is 40.3. The molecule has 0 saturated heterocycles. The molecule has 0 unspecified atom stereocenters. The number of aliphatic imine (C=N–C) groups is 1. The van der Waals surface area contributed by atoms with E-state index in [0.717, 1.165) is 5.56 Å². The summed E-state index contributed by atoms with van der Waals surface area (Å²) in [6.45, 7) is 0.232. The number of aromatic nitrogens is 1. The number of hydrogen-bond donors (Lipinski definition) is 2. The summed E-state index contributed by atoms with van der Waals surface area (Å²) in [5.41, 5.74) is 1.48. The fourth-order valence-corrected chi connectivity index (χ4v) is 2.40. The van der Waals surface area contributed by atoms with Gasteiger partial charge in [-0.05, 0) is 36.8 Å². The Balaban J connectivity index is 1.99. The molecule has 2 aromatic rings. The van der Waals surface area contributed by atoms with Gasteiger partial charge in [-0.3, -0.25) is 4.99 Å². The Bertz CT molecular complexity index is 788. The van der Waals surface area contributed by atoms with Gasteiger partial charge in [0.25, 0.3) is 0 Å². The van der Waals surface area contributed by atoms with Gasteiger partial charge in [-0.2, -0.15) is 8.78 Å². The lowest BCUT2D eigenvalue weighted by Gasteiger charge is -2.15. The molecule has 0 aliphatic carbocycles. The van der Waals surface area contributed by atoms with E-state index in [-0.39, 0.29) is 12.3 Å². The minimum absolute atomic E-state index is 0.0780. The Morgan fingerprint density at radius 1 is 1.18 bits per heavy atom. The van der Waals surface area contributed by atoms with Crippen LogP contribution in [0, 0.1) is 0 Å². The van der Waals surface area contributed by atoms with Crippen molar-refractivity contribution in [3.8, 4) is 17.4 Å². The normalized spacial score (nSPS) is 11.3. The standard InChI is InChI=1S/C19H24F2N4O3/c1-4-27-17-9-13(7-8-23-17)11-24-19(22-2)25-12-14-10-15(26-3)5-6-16(14)28-18(20)21/h5-10,18H,4,11-12H2,1-3H3,(H2,22,24,25). The van der Waals surface area contributed by atoms with Crippen molar-refractivity contribution in [2.24, 2.45) is 4.99 Å². The number of hydrogen-bond acceptors (Lipinski definition) is 5. The number of ether oxygens (including phenoxy) is 3. The Morgan fingerprint density at radius 2 is 1.96 bits per heavy atom. The Kier molecular flexibility index (Phi) is 8.26. The topological polar surface area (TPSA) is 77.0 Å². The number of guanidine groups is 1. The predicted molar refractivity (Wildman–Crippen MR) is 102 cm³/mol. The monoisotopic (exact) mass is 394 g/mol. The van der Waals surface area contributed by atoms with Gasteiger partial charge in [-0.1, -0.05) is 0 Å². The molecule has 2 N–H and O–H groups in total. The molecule has 9 heteroatoms. The molecular weight excluding hydrogens is 370 g/mol. The van der Waals surface area contributed by atoms with Crippen molar-refractivity contribution in [1.82, 2.24) is 15.6 Å². The van der Waals surface area contributed by atoms with Crippen molar-refractivity contribution >= 4 is 5.96 Å². The fourth-order valence-electron chi connectivity index (χ4n) is 2.40. The highest BCUT2D eigenvalue weighted by Crippen LogP contribution is 2.25. The maximum Gasteiger partial charge on any atom is 0.387 e. The lowest BCUT2D eigenvalue weighted by Crippen LogP contribution is -2.36. The number of rotatable bonds is 9. The van der Waals surface area contributed by atoms with Crippen LogP contribution in [0.25, 0.3) is 0 Å². The number of nitrogens with one attached hydrogen (secondary N) is 2. The van der Waals surface area contributed by atoms with Crippen molar-refractivity contribution in [2.45, 2.75) is 26.6 Å². The smallest absolute Gasteiger partial charge is 0.387 e. The average molecular weight is 394 g/mol. The quantitative estimate of drug-likeness (QED) is 0.503. The Hall–Kier alpha value is -3.10. The van der Waals surface area contributed by atoms with Crippen LogP contribution in [0.5, 0.6) is 17.4 Å². The molecule has 0 spiro atoms. The summed E-state index contributed by atoms with van der Waals surface area (Å²) in [5.74, 6) is 1.67. The van der Waals surface area contributed by atoms with E-state index in [1.807, 2.05) is 19.1 Å². The summed E-state index contributed by atoms with van der Waals surface area (Å²) in [4.78, 5) is 8.26. The zero-order valence-electron chi connectivity index (χ0n) is 16.0.